The summed E-state index contributed by atoms with van der Waals surface area (Å²) in [6.07, 6.45) is 1.91. The molecule has 0 bridgehead atoms. The van der Waals surface area contributed by atoms with Crippen molar-refractivity contribution >= 4 is 17.9 Å². The molecule has 0 rings (SSSR count). The highest BCUT2D eigenvalue weighted by Crippen LogP contribution is 2.27. The molecule has 0 aliphatic carbocycles. The van der Waals surface area contributed by atoms with Crippen LogP contribution in [-0.2, 0) is 28.6 Å². The molecule has 2 N–H and O–H groups in total. The SMILES string of the molecule is C=CC(=O)OC(C)(O)C(O)(OC(=O)C=C)OC(=O)C=C. The summed E-state index contributed by atoms with van der Waals surface area (Å²) in [4.78, 5) is 33.3. The molecule has 0 aromatic rings. The van der Waals surface area contributed by atoms with Crippen LogP contribution in [0.2, 0.25) is 0 Å². The van der Waals surface area contributed by atoms with E-state index in [2.05, 4.69) is 33.9 Å². The molecule has 0 spiro atoms. The lowest BCUT2D eigenvalue weighted by molar-refractivity contribution is -0.435. The van der Waals surface area contributed by atoms with E-state index in [-0.39, 0.29) is 0 Å². The molecule has 0 saturated heterocycles. The molecule has 0 fully saturated rings. The Hall–Kier alpha value is -2.45. The van der Waals surface area contributed by atoms with Crippen LogP contribution in [0.5, 0.6) is 0 Å². The first-order valence-electron chi connectivity index (χ1n) is 5.13. The van der Waals surface area contributed by atoms with Gasteiger partial charge in [-0.3, -0.25) is 0 Å². The van der Waals surface area contributed by atoms with Gasteiger partial charge >= 0.3 is 29.7 Å². The fourth-order valence-corrected chi connectivity index (χ4v) is 0.868. The molecule has 110 valence electrons. The Kier molecular flexibility index (Phi) is 5.83. The van der Waals surface area contributed by atoms with Gasteiger partial charge in [0.2, 0.25) is 0 Å². The first kappa shape index (κ1) is 17.6. The number of esters is 3. The zero-order chi connectivity index (χ0) is 16.0. The molecule has 0 aliphatic heterocycles. The maximum Gasteiger partial charge on any atom is 0.443 e. The summed E-state index contributed by atoms with van der Waals surface area (Å²) < 4.78 is 13.0. The minimum Gasteiger partial charge on any atom is -0.419 e. The fourth-order valence-electron chi connectivity index (χ4n) is 0.868. The molecule has 0 aromatic heterocycles. The number of ether oxygens (including phenoxy) is 3. The number of aliphatic hydroxyl groups is 2. The van der Waals surface area contributed by atoms with Crippen LogP contribution in [0.1, 0.15) is 6.92 Å². The molecule has 0 aliphatic rings. The van der Waals surface area contributed by atoms with E-state index in [1.54, 1.807) is 0 Å². The van der Waals surface area contributed by atoms with Crippen LogP contribution >= 0.6 is 0 Å². The summed E-state index contributed by atoms with van der Waals surface area (Å²) in [5.74, 6) is -9.88. The first-order chi connectivity index (χ1) is 9.11. The Morgan fingerprint density at radius 3 is 1.45 bits per heavy atom. The second-order valence-corrected chi connectivity index (χ2v) is 3.44. The molecular formula is C12H14O8. The van der Waals surface area contributed by atoms with Gasteiger partial charge < -0.3 is 24.4 Å². The second-order valence-electron chi connectivity index (χ2n) is 3.44. The van der Waals surface area contributed by atoms with Crippen molar-refractivity contribution in [2.75, 3.05) is 0 Å². The zero-order valence-electron chi connectivity index (χ0n) is 10.7. The lowest BCUT2D eigenvalue weighted by atomic mass is 10.2. The molecule has 0 heterocycles. The molecular weight excluding hydrogens is 272 g/mol. The Morgan fingerprint density at radius 1 is 0.850 bits per heavy atom. The summed E-state index contributed by atoms with van der Waals surface area (Å²) in [6, 6.07) is 0. The molecule has 1 atom stereocenters. The third-order valence-corrected chi connectivity index (χ3v) is 1.86. The van der Waals surface area contributed by atoms with Crippen molar-refractivity contribution in [3.8, 4) is 0 Å². The van der Waals surface area contributed by atoms with Crippen molar-refractivity contribution in [3.05, 3.63) is 38.0 Å². The number of carbonyl (C=O) groups excluding carboxylic acids is 3. The van der Waals surface area contributed by atoms with E-state index in [0.29, 0.717) is 18.2 Å². The first-order valence-corrected chi connectivity index (χ1v) is 5.13. The lowest BCUT2D eigenvalue weighted by Gasteiger charge is -2.36. The van der Waals surface area contributed by atoms with E-state index >= 15 is 0 Å². The Morgan fingerprint density at radius 2 is 1.15 bits per heavy atom. The average molecular weight is 286 g/mol. The van der Waals surface area contributed by atoms with E-state index < -0.39 is 29.7 Å². The van der Waals surface area contributed by atoms with Crippen molar-refractivity contribution in [2.45, 2.75) is 18.7 Å². The van der Waals surface area contributed by atoms with Crippen LogP contribution in [-0.4, -0.2) is 39.9 Å². The van der Waals surface area contributed by atoms with Gasteiger partial charge in [-0.2, -0.15) is 0 Å². The van der Waals surface area contributed by atoms with Gasteiger partial charge in [0.05, 0.1) is 0 Å². The van der Waals surface area contributed by atoms with E-state index in [0.717, 1.165) is 6.92 Å². The second kappa shape index (κ2) is 6.64. The number of hydrogen-bond donors (Lipinski definition) is 2. The number of rotatable bonds is 7. The highest BCUT2D eigenvalue weighted by atomic mass is 16.9. The molecule has 8 heteroatoms. The number of carbonyl (C=O) groups is 3. The zero-order valence-corrected chi connectivity index (χ0v) is 10.7. The summed E-state index contributed by atoms with van der Waals surface area (Å²) in [6.45, 7) is 9.89. The van der Waals surface area contributed by atoms with Gasteiger partial charge in [0.15, 0.2) is 0 Å². The summed E-state index contributed by atoms with van der Waals surface area (Å²) in [7, 11) is 0. The van der Waals surface area contributed by atoms with E-state index in [4.69, 9.17) is 0 Å². The van der Waals surface area contributed by atoms with Crippen molar-refractivity contribution in [1.82, 2.24) is 0 Å². The van der Waals surface area contributed by atoms with Crippen LogP contribution in [0.15, 0.2) is 38.0 Å². The van der Waals surface area contributed by atoms with Gasteiger partial charge in [-0.05, 0) is 0 Å². The molecule has 1 unspecified atom stereocenters. The van der Waals surface area contributed by atoms with Crippen molar-refractivity contribution in [2.24, 2.45) is 0 Å². The van der Waals surface area contributed by atoms with Crippen molar-refractivity contribution < 1.29 is 38.8 Å². The predicted octanol–water partition coefficient (Wildman–Crippen LogP) is -0.471. The Bertz CT molecular complexity index is 426. The van der Waals surface area contributed by atoms with Gasteiger partial charge in [-0.25, -0.2) is 14.4 Å². The van der Waals surface area contributed by atoms with Crippen LogP contribution in [0.25, 0.3) is 0 Å². The monoisotopic (exact) mass is 286 g/mol. The van der Waals surface area contributed by atoms with Crippen LogP contribution in [0.3, 0.4) is 0 Å². The minimum absolute atomic E-state index is 0.623. The molecule has 0 saturated carbocycles. The van der Waals surface area contributed by atoms with E-state index in [1.807, 2.05) is 0 Å². The molecule has 0 aromatic carbocycles. The predicted molar refractivity (Wildman–Crippen MR) is 64.4 cm³/mol. The lowest BCUT2D eigenvalue weighted by Crippen LogP contribution is -2.59. The van der Waals surface area contributed by atoms with Gasteiger partial charge in [0, 0.05) is 25.2 Å². The smallest absolute Gasteiger partial charge is 0.419 e. The van der Waals surface area contributed by atoms with Crippen molar-refractivity contribution in [3.63, 3.8) is 0 Å². The molecule has 8 nitrogen and oxygen atoms in total. The van der Waals surface area contributed by atoms with Crippen LogP contribution < -0.4 is 0 Å². The Labute approximate surface area is 114 Å². The van der Waals surface area contributed by atoms with Gasteiger partial charge in [0.1, 0.15) is 0 Å². The molecule has 0 amide bonds. The summed E-state index contributed by atoms with van der Waals surface area (Å²) in [5.41, 5.74) is 0. The van der Waals surface area contributed by atoms with Crippen LogP contribution in [0.4, 0.5) is 0 Å². The maximum atomic E-state index is 11.1. The fraction of sp³-hybridized carbons (Fsp3) is 0.250. The van der Waals surface area contributed by atoms with Gasteiger partial charge in [-0.1, -0.05) is 19.7 Å². The Balaban J connectivity index is 5.46. The van der Waals surface area contributed by atoms with Gasteiger partial charge in [-0.15, -0.1) is 0 Å². The molecule has 20 heavy (non-hydrogen) atoms. The minimum atomic E-state index is -3.30. The maximum absolute atomic E-state index is 11.1. The number of hydrogen-bond acceptors (Lipinski definition) is 8. The van der Waals surface area contributed by atoms with Gasteiger partial charge in [0.25, 0.3) is 0 Å². The highest BCUT2D eigenvalue weighted by molar-refractivity contribution is 5.84. The summed E-state index contributed by atoms with van der Waals surface area (Å²) >= 11 is 0. The van der Waals surface area contributed by atoms with Crippen molar-refractivity contribution in [1.29, 1.82) is 0 Å². The quantitative estimate of drug-likeness (QED) is 0.366. The van der Waals surface area contributed by atoms with E-state index in [9.17, 15) is 24.6 Å². The topological polar surface area (TPSA) is 119 Å². The molecule has 0 radical (unpaired) electrons. The standard InChI is InChI=1S/C12H14O8/c1-5-8(13)18-11(4,16)12(17,19-9(14)6-2)20-10(15)7-3/h5-7,16-17H,1-3H2,4H3. The van der Waals surface area contributed by atoms with Crippen LogP contribution in [0, 0.1) is 0 Å². The third kappa shape index (κ3) is 4.34. The highest BCUT2D eigenvalue weighted by Gasteiger charge is 2.57. The largest absolute Gasteiger partial charge is 0.443 e. The summed E-state index contributed by atoms with van der Waals surface area (Å²) in [5, 5.41) is 19.8. The average Bonchev–Trinajstić information content (AvgIpc) is 2.37. The van der Waals surface area contributed by atoms with E-state index in [1.165, 1.54) is 0 Å². The normalized spacial score (nSPS) is 13.3. The third-order valence-electron chi connectivity index (χ3n) is 1.86.